The monoisotopic (exact) mass is 408 g/mol. The van der Waals surface area contributed by atoms with Crippen LogP contribution in [0.4, 0.5) is 11.4 Å². The Morgan fingerprint density at radius 1 is 1.14 bits per heavy atom. The molecular formula is C18H17ClN2O7. The minimum atomic E-state index is -1.07. The van der Waals surface area contributed by atoms with Gasteiger partial charge in [-0.25, -0.2) is 4.79 Å². The van der Waals surface area contributed by atoms with Crippen LogP contribution in [-0.4, -0.2) is 37.1 Å². The van der Waals surface area contributed by atoms with Crippen LogP contribution in [0.15, 0.2) is 36.4 Å². The fourth-order valence-electron chi connectivity index (χ4n) is 2.24. The summed E-state index contributed by atoms with van der Waals surface area (Å²) in [5, 5.41) is 14.2. The SMILES string of the molecule is COC(=O)c1ccc(O[C@@H](C)C(=O)Nc2ccc(OC)c(Cl)c2)c([N+](=O)[O-])c1. The van der Waals surface area contributed by atoms with E-state index in [0.29, 0.717) is 16.5 Å². The first-order valence-corrected chi connectivity index (χ1v) is 8.32. The van der Waals surface area contributed by atoms with Gasteiger partial charge in [-0.1, -0.05) is 11.6 Å². The Kier molecular flexibility index (Phi) is 6.78. The average molecular weight is 409 g/mol. The lowest BCUT2D eigenvalue weighted by Crippen LogP contribution is -2.30. The summed E-state index contributed by atoms with van der Waals surface area (Å²) in [5.74, 6) is -0.984. The molecule has 0 bridgehead atoms. The van der Waals surface area contributed by atoms with E-state index in [4.69, 9.17) is 21.1 Å². The van der Waals surface area contributed by atoms with E-state index >= 15 is 0 Å². The summed E-state index contributed by atoms with van der Waals surface area (Å²) in [6.07, 6.45) is -1.07. The lowest BCUT2D eigenvalue weighted by Gasteiger charge is -2.15. The second-order valence-electron chi connectivity index (χ2n) is 5.53. The van der Waals surface area contributed by atoms with Gasteiger partial charge >= 0.3 is 11.7 Å². The number of nitrogens with one attached hydrogen (secondary N) is 1. The van der Waals surface area contributed by atoms with E-state index in [0.717, 1.165) is 13.2 Å². The number of hydrogen-bond acceptors (Lipinski definition) is 7. The van der Waals surface area contributed by atoms with E-state index in [9.17, 15) is 19.7 Å². The van der Waals surface area contributed by atoms with E-state index < -0.39 is 28.6 Å². The minimum Gasteiger partial charge on any atom is -0.495 e. The van der Waals surface area contributed by atoms with Crippen molar-refractivity contribution in [2.24, 2.45) is 0 Å². The lowest BCUT2D eigenvalue weighted by atomic mass is 10.2. The van der Waals surface area contributed by atoms with E-state index in [-0.39, 0.29) is 11.3 Å². The number of anilines is 1. The number of esters is 1. The van der Waals surface area contributed by atoms with Crippen molar-refractivity contribution >= 4 is 34.9 Å². The second kappa shape index (κ2) is 9.05. The Morgan fingerprint density at radius 3 is 2.39 bits per heavy atom. The molecule has 2 aromatic rings. The molecule has 0 fully saturated rings. The van der Waals surface area contributed by atoms with Crippen LogP contribution in [0.5, 0.6) is 11.5 Å². The van der Waals surface area contributed by atoms with Crippen molar-refractivity contribution in [1.82, 2.24) is 0 Å². The predicted octanol–water partition coefficient (Wildman–Crippen LogP) is 3.45. The molecule has 1 N–H and O–H groups in total. The summed E-state index contributed by atoms with van der Waals surface area (Å²) >= 11 is 6.01. The van der Waals surface area contributed by atoms with Crippen LogP contribution in [0.1, 0.15) is 17.3 Å². The van der Waals surface area contributed by atoms with Crippen LogP contribution in [0.2, 0.25) is 5.02 Å². The highest BCUT2D eigenvalue weighted by molar-refractivity contribution is 6.32. The van der Waals surface area contributed by atoms with E-state index in [1.165, 1.54) is 32.2 Å². The molecule has 0 aliphatic heterocycles. The molecule has 2 aromatic carbocycles. The van der Waals surface area contributed by atoms with Crippen LogP contribution < -0.4 is 14.8 Å². The molecular weight excluding hydrogens is 392 g/mol. The molecule has 0 saturated carbocycles. The second-order valence-corrected chi connectivity index (χ2v) is 5.94. The van der Waals surface area contributed by atoms with Gasteiger partial charge in [-0.3, -0.25) is 14.9 Å². The van der Waals surface area contributed by atoms with Crippen molar-refractivity contribution in [3.05, 3.63) is 57.1 Å². The van der Waals surface area contributed by atoms with Gasteiger partial charge in [0.25, 0.3) is 5.91 Å². The number of ether oxygens (including phenoxy) is 3. The van der Waals surface area contributed by atoms with Gasteiger partial charge in [0.05, 0.1) is 29.7 Å². The number of carbonyl (C=O) groups is 2. The molecule has 0 aromatic heterocycles. The first-order chi connectivity index (χ1) is 13.3. The fraction of sp³-hybridized carbons (Fsp3) is 0.222. The Hall–Kier alpha value is -3.33. The van der Waals surface area contributed by atoms with Gasteiger partial charge in [0.15, 0.2) is 11.9 Å². The number of carbonyl (C=O) groups excluding carboxylic acids is 2. The van der Waals surface area contributed by atoms with Crippen molar-refractivity contribution < 1.29 is 28.7 Å². The normalized spacial score (nSPS) is 11.3. The lowest BCUT2D eigenvalue weighted by molar-refractivity contribution is -0.386. The molecule has 1 atom stereocenters. The maximum Gasteiger partial charge on any atom is 0.338 e. The third kappa shape index (κ3) is 4.89. The molecule has 0 saturated heterocycles. The highest BCUT2D eigenvalue weighted by Gasteiger charge is 2.23. The first kappa shape index (κ1) is 21.0. The number of nitro benzene ring substituents is 1. The molecule has 0 radical (unpaired) electrons. The van der Waals surface area contributed by atoms with Gasteiger partial charge in [-0.15, -0.1) is 0 Å². The minimum absolute atomic E-state index is 0.00784. The number of nitro groups is 1. The zero-order valence-electron chi connectivity index (χ0n) is 15.2. The largest absolute Gasteiger partial charge is 0.495 e. The van der Waals surface area contributed by atoms with Crippen molar-refractivity contribution in [2.75, 3.05) is 19.5 Å². The van der Waals surface area contributed by atoms with E-state index in [1.807, 2.05) is 0 Å². The summed E-state index contributed by atoms with van der Waals surface area (Å²) in [7, 11) is 2.63. The summed E-state index contributed by atoms with van der Waals surface area (Å²) < 4.78 is 15.0. The summed E-state index contributed by atoms with van der Waals surface area (Å²) in [6, 6.07) is 8.23. The van der Waals surface area contributed by atoms with Gasteiger partial charge < -0.3 is 19.5 Å². The highest BCUT2D eigenvalue weighted by atomic mass is 35.5. The number of halogens is 1. The Labute approximate surface area is 165 Å². The average Bonchev–Trinajstić information content (AvgIpc) is 2.67. The molecule has 0 aliphatic rings. The Morgan fingerprint density at radius 2 is 1.82 bits per heavy atom. The van der Waals surface area contributed by atoms with E-state index in [1.54, 1.807) is 12.1 Å². The number of methoxy groups -OCH3 is 2. The van der Waals surface area contributed by atoms with Crippen molar-refractivity contribution in [2.45, 2.75) is 13.0 Å². The van der Waals surface area contributed by atoms with Crippen LogP contribution in [0, 0.1) is 10.1 Å². The molecule has 148 valence electrons. The highest BCUT2D eigenvalue weighted by Crippen LogP contribution is 2.30. The van der Waals surface area contributed by atoms with Gasteiger partial charge in [0, 0.05) is 11.8 Å². The summed E-state index contributed by atoms with van der Waals surface area (Å²) in [4.78, 5) is 34.4. The molecule has 10 heteroatoms. The van der Waals surface area contributed by atoms with Crippen molar-refractivity contribution in [3.8, 4) is 11.5 Å². The quantitative estimate of drug-likeness (QED) is 0.423. The standard InChI is InChI=1S/C18H17ClN2O7/c1-10(17(22)20-12-5-7-15(26-2)13(19)9-12)28-16-6-4-11(18(23)27-3)8-14(16)21(24)25/h4-10H,1-3H3,(H,20,22)/t10-/m0/s1. The third-order valence-corrected chi connectivity index (χ3v) is 3.96. The molecule has 9 nitrogen and oxygen atoms in total. The van der Waals surface area contributed by atoms with Gasteiger partial charge in [0.2, 0.25) is 0 Å². The molecule has 2 rings (SSSR count). The van der Waals surface area contributed by atoms with Crippen molar-refractivity contribution in [3.63, 3.8) is 0 Å². The molecule has 0 aliphatic carbocycles. The Balaban J connectivity index is 2.16. The van der Waals surface area contributed by atoms with Gasteiger partial charge in [-0.05, 0) is 37.3 Å². The number of rotatable bonds is 7. The molecule has 0 spiro atoms. The van der Waals surface area contributed by atoms with Gasteiger partial charge in [-0.2, -0.15) is 0 Å². The van der Waals surface area contributed by atoms with Crippen molar-refractivity contribution in [1.29, 1.82) is 0 Å². The van der Waals surface area contributed by atoms with Crippen LogP contribution in [0.25, 0.3) is 0 Å². The number of hydrogen-bond donors (Lipinski definition) is 1. The molecule has 0 unspecified atom stereocenters. The first-order valence-electron chi connectivity index (χ1n) is 7.94. The van der Waals surface area contributed by atoms with Crippen LogP contribution in [-0.2, 0) is 9.53 Å². The zero-order chi connectivity index (χ0) is 20.8. The topological polar surface area (TPSA) is 117 Å². The van der Waals surface area contributed by atoms with Crippen LogP contribution in [0.3, 0.4) is 0 Å². The smallest absolute Gasteiger partial charge is 0.338 e. The summed E-state index contributed by atoms with van der Waals surface area (Å²) in [6.45, 7) is 1.43. The summed E-state index contributed by atoms with van der Waals surface area (Å²) in [5.41, 5.74) is -0.0663. The predicted molar refractivity (Wildman–Crippen MR) is 101 cm³/mol. The number of nitrogens with zero attached hydrogens (tertiary/aromatic N) is 1. The third-order valence-electron chi connectivity index (χ3n) is 3.67. The maximum atomic E-state index is 12.3. The van der Waals surface area contributed by atoms with Crippen LogP contribution >= 0.6 is 11.6 Å². The zero-order valence-corrected chi connectivity index (χ0v) is 16.0. The number of benzene rings is 2. The Bertz CT molecular complexity index is 917. The van der Waals surface area contributed by atoms with E-state index in [2.05, 4.69) is 10.1 Å². The number of amides is 1. The maximum absolute atomic E-state index is 12.3. The molecule has 28 heavy (non-hydrogen) atoms. The molecule has 1 amide bonds. The molecule has 0 heterocycles. The van der Waals surface area contributed by atoms with Gasteiger partial charge in [0.1, 0.15) is 5.75 Å². The fourth-order valence-corrected chi connectivity index (χ4v) is 2.49.